The minimum atomic E-state index is -0.0252. The van der Waals surface area contributed by atoms with Gasteiger partial charge in [-0.25, -0.2) is 0 Å². The molecule has 2 aromatic rings. The second kappa shape index (κ2) is 8.94. The summed E-state index contributed by atoms with van der Waals surface area (Å²) in [6.45, 7) is 4.07. The van der Waals surface area contributed by atoms with Crippen LogP contribution in [0.3, 0.4) is 0 Å². The second-order valence-corrected chi connectivity index (χ2v) is 9.53. The summed E-state index contributed by atoms with van der Waals surface area (Å²) in [6, 6.07) is 8.28. The average Bonchev–Trinajstić information content (AvgIpc) is 3.35. The predicted molar refractivity (Wildman–Crippen MR) is 117 cm³/mol. The van der Waals surface area contributed by atoms with Crippen molar-refractivity contribution < 1.29 is 9.53 Å². The van der Waals surface area contributed by atoms with Crippen molar-refractivity contribution in [1.29, 1.82) is 0 Å². The van der Waals surface area contributed by atoms with E-state index in [4.69, 9.17) is 9.72 Å². The Hall–Kier alpha value is -1.76. The van der Waals surface area contributed by atoms with Gasteiger partial charge in [0.25, 0.3) is 0 Å². The lowest BCUT2D eigenvalue weighted by atomic mass is 9.68. The van der Waals surface area contributed by atoms with Gasteiger partial charge in [0, 0.05) is 42.3 Å². The van der Waals surface area contributed by atoms with Crippen LogP contribution in [0.25, 0.3) is 0 Å². The van der Waals surface area contributed by atoms with Crippen LogP contribution in [0, 0.1) is 0 Å². The maximum Gasteiger partial charge on any atom is 0.221 e. The predicted octanol–water partition coefficient (Wildman–Crippen LogP) is 4.64. The third-order valence-electron chi connectivity index (χ3n) is 6.49. The first-order valence-corrected chi connectivity index (χ1v) is 11.6. The van der Waals surface area contributed by atoms with Crippen LogP contribution in [0.5, 0.6) is 0 Å². The zero-order chi connectivity index (χ0) is 20.2. The molecule has 2 N–H and O–H groups in total. The van der Waals surface area contributed by atoms with Crippen molar-refractivity contribution in [2.45, 2.75) is 69.4 Å². The highest BCUT2D eigenvalue weighted by molar-refractivity contribution is 7.10. The standard InChI is InChI=1S/C23H31N3O2S/c1-18(27)26-19-7-15-29-20(19)16-24-13-10-22(21-6-2-5-12-25-21)11-14-28-23(17-22)8-3-4-9-23/h2,5-7,12,15,24H,3-4,8-11,13-14,16-17H2,1H3,(H,26,27). The molecule has 0 radical (unpaired) electrons. The molecule has 1 saturated carbocycles. The summed E-state index contributed by atoms with van der Waals surface area (Å²) >= 11 is 1.68. The van der Waals surface area contributed by atoms with E-state index in [1.807, 2.05) is 23.7 Å². The number of carbonyl (C=O) groups excluding carboxylic acids is 1. The maximum atomic E-state index is 11.4. The van der Waals surface area contributed by atoms with Crippen molar-refractivity contribution in [3.05, 3.63) is 46.4 Å². The molecule has 5 nitrogen and oxygen atoms in total. The maximum absolute atomic E-state index is 11.4. The van der Waals surface area contributed by atoms with Gasteiger partial charge in [0.1, 0.15) is 0 Å². The Balaban J connectivity index is 1.43. The molecule has 0 aromatic carbocycles. The minimum Gasteiger partial charge on any atom is -0.375 e. The molecule has 6 heteroatoms. The Labute approximate surface area is 177 Å². The Morgan fingerprint density at radius 2 is 2.10 bits per heavy atom. The number of carbonyl (C=O) groups is 1. The average molecular weight is 414 g/mol. The number of anilines is 1. The number of nitrogens with zero attached hydrogens (tertiary/aromatic N) is 1. The molecule has 29 heavy (non-hydrogen) atoms. The highest BCUT2D eigenvalue weighted by atomic mass is 32.1. The van der Waals surface area contributed by atoms with Gasteiger partial charge in [0.2, 0.25) is 5.91 Å². The van der Waals surface area contributed by atoms with E-state index >= 15 is 0 Å². The molecule has 1 atom stereocenters. The fourth-order valence-electron chi connectivity index (χ4n) is 5.10. The number of hydrogen-bond acceptors (Lipinski definition) is 5. The van der Waals surface area contributed by atoms with Gasteiger partial charge in [0.05, 0.1) is 11.3 Å². The molecule has 1 spiro atoms. The van der Waals surface area contributed by atoms with Crippen molar-refractivity contribution in [2.75, 3.05) is 18.5 Å². The van der Waals surface area contributed by atoms with Gasteiger partial charge in [-0.15, -0.1) is 11.3 Å². The van der Waals surface area contributed by atoms with Gasteiger partial charge in [-0.3, -0.25) is 9.78 Å². The zero-order valence-corrected chi connectivity index (χ0v) is 18.0. The van der Waals surface area contributed by atoms with Crippen molar-refractivity contribution in [3.63, 3.8) is 0 Å². The Bertz CT molecular complexity index is 817. The van der Waals surface area contributed by atoms with Crippen molar-refractivity contribution in [3.8, 4) is 0 Å². The number of hydrogen-bond donors (Lipinski definition) is 2. The summed E-state index contributed by atoms with van der Waals surface area (Å²) in [5.41, 5.74) is 2.27. The summed E-state index contributed by atoms with van der Waals surface area (Å²) in [7, 11) is 0. The van der Waals surface area contributed by atoms with E-state index in [9.17, 15) is 4.79 Å². The van der Waals surface area contributed by atoms with Crippen LogP contribution in [-0.4, -0.2) is 29.6 Å². The van der Waals surface area contributed by atoms with Gasteiger partial charge >= 0.3 is 0 Å². The lowest BCUT2D eigenvalue weighted by molar-refractivity contribution is -0.114. The second-order valence-electron chi connectivity index (χ2n) is 8.53. The van der Waals surface area contributed by atoms with E-state index in [-0.39, 0.29) is 16.9 Å². The van der Waals surface area contributed by atoms with Crippen LogP contribution in [0.4, 0.5) is 5.69 Å². The quantitative estimate of drug-likeness (QED) is 0.649. The molecule has 1 amide bonds. The van der Waals surface area contributed by atoms with Crippen molar-refractivity contribution in [2.24, 2.45) is 0 Å². The third kappa shape index (κ3) is 4.71. The highest BCUT2D eigenvalue weighted by Crippen LogP contribution is 2.49. The number of rotatable bonds is 7. The number of thiophene rings is 1. The van der Waals surface area contributed by atoms with Crippen LogP contribution >= 0.6 is 11.3 Å². The molecule has 1 aliphatic heterocycles. The van der Waals surface area contributed by atoms with Crippen LogP contribution in [0.2, 0.25) is 0 Å². The molecule has 156 valence electrons. The zero-order valence-electron chi connectivity index (χ0n) is 17.2. The number of aromatic nitrogens is 1. The summed E-state index contributed by atoms with van der Waals surface area (Å²) < 4.78 is 6.33. The minimum absolute atomic E-state index is 0.0252. The first-order valence-electron chi connectivity index (χ1n) is 10.7. The molecule has 2 fully saturated rings. The number of ether oxygens (including phenoxy) is 1. The lowest BCUT2D eigenvalue weighted by Crippen LogP contribution is -2.47. The van der Waals surface area contributed by atoms with E-state index in [0.29, 0.717) is 0 Å². The largest absolute Gasteiger partial charge is 0.375 e. The first kappa shape index (κ1) is 20.5. The van der Waals surface area contributed by atoms with Crippen LogP contribution < -0.4 is 10.6 Å². The molecule has 2 aromatic heterocycles. The van der Waals surface area contributed by atoms with Crippen molar-refractivity contribution >= 4 is 22.9 Å². The van der Waals surface area contributed by atoms with Gasteiger partial charge in [-0.05, 0) is 62.2 Å². The van der Waals surface area contributed by atoms with Gasteiger partial charge < -0.3 is 15.4 Å². The fourth-order valence-corrected chi connectivity index (χ4v) is 5.90. The number of nitrogens with one attached hydrogen (secondary N) is 2. The Kier molecular flexibility index (Phi) is 6.32. The molecule has 1 aliphatic carbocycles. The third-order valence-corrected chi connectivity index (χ3v) is 7.42. The van der Waals surface area contributed by atoms with Crippen LogP contribution in [-0.2, 0) is 21.5 Å². The number of amides is 1. The molecule has 3 heterocycles. The molecular formula is C23H31N3O2S. The van der Waals surface area contributed by atoms with E-state index in [1.54, 1.807) is 18.3 Å². The Morgan fingerprint density at radius 1 is 1.24 bits per heavy atom. The molecule has 1 unspecified atom stereocenters. The first-order chi connectivity index (χ1) is 14.1. The topological polar surface area (TPSA) is 63.2 Å². The van der Waals surface area contributed by atoms with Gasteiger partial charge in [-0.1, -0.05) is 18.9 Å². The highest BCUT2D eigenvalue weighted by Gasteiger charge is 2.48. The SMILES string of the molecule is CC(=O)Nc1ccsc1CNCCC1(c2ccccn2)CCOC2(CCCC2)C1. The monoisotopic (exact) mass is 413 g/mol. The molecule has 1 saturated heterocycles. The molecular weight excluding hydrogens is 382 g/mol. The van der Waals surface area contributed by atoms with E-state index in [2.05, 4.69) is 22.8 Å². The van der Waals surface area contributed by atoms with Crippen LogP contribution in [0.15, 0.2) is 35.8 Å². The summed E-state index contributed by atoms with van der Waals surface area (Å²) in [4.78, 5) is 17.3. The van der Waals surface area contributed by atoms with E-state index < -0.39 is 0 Å². The summed E-state index contributed by atoms with van der Waals surface area (Å²) in [6.07, 6.45) is 10.0. The van der Waals surface area contributed by atoms with Crippen molar-refractivity contribution in [1.82, 2.24) is 10.3 Å². The normalized spacial score (nSPS) is 23.3. The molecule has 0 bridgehead atoms. The molecule has 2 aliphatic rings. The van der Waals surface area contributed by atoms with Gasteiger partial charge in [-0.2, -0.15) is 0 Å². The van der Waals surface area contributed by atoms with Crippen LogP contribution in [0.1, 0.15) is 62.4 Å². The summed E-state index contributed by atoms with van der Waals surface area (Å²) in [5.74, 6) is -0.0252. The summed E-state index contributed by atoms with van der Waals surface area (Å²) in [5, 5.41) is 8.56. The van der Waals surface area contributed by atoms with E-state index in [0.717, 1.165) is 44.6 Å². The Morgan fingerprint density at radius 3 is 2.86 bits per heavy atom. The van der Waals surface area contributed by atoms with E-state index in [1.165, 1.54) is 36.3 Å². The van der Waals surface area contributed by atoms with Gasteiger partial charge in [0.15, 0.2) is 0 Å². The number of pyridine rings is 1. The fraction of sp³-hybridized carbons (Fsp3) is 0.565. The lowest BCUT2D eigenvalue weighted by Gasteiger charge is -2.46. The smallest absolute Gasteiger partial charge is 0.221 e. The molecule has 4 rings (SSSR count).